The lowest BCUT2D eigenvalue weighted by Gasteiger charge is -2.07. The van der Waals surface area contributed by atoms with Crippen LogP contribution in [0.3, 0.4) is 0 Å². The summed E-state index contributed by atoms with van der Waals surface area (Å²) in [5.74, 6) is -4.26. The van der Waals surface area contributed by atoms with Crippen LogP contribution >= 0.6 is 11.6 Å². The summed E-state index contributed by atoms with van der Waals surface area (Å²) in [5.41, 5.74) is -0.912. The topological polar surface area (TPSA) is 0 Å². The standard InChI is InChI=1S/C12H5ClF4/c13-6-1-2-8(9(15)3-6)12-10(16)4-7(14)5-11(12)17/h1-5H. The molecule has 0 nitrogen and oxygen atoms in total. The molecule has 0 saturated carbocycles. The molecule has 0 aliphatic heterocycles. The van der Waals surface area contributed by atoms with Crippen LogP contribution in [-0.4, -0.2) is 0 Å². The van der Waals surface area contributed by atoms with Crippen LogP contribution in [0.1, 0.15) is 0 Å². The molecule has 0 amide bonds. The van der Waals surface area contributed by atoms with E-state index in [2.05, 4.69) is 0 Å². The van der Waals surface area contributed by atoms with Crippen molar-refractivity contribution in [2.24, 2.45) is 0 Å². The Balaban J connectivity index is 2.68. The number of rotatable bonds is 1. The minimum absolute atomic E-state index is 0.106. The van der Waals surface area contributed by atoms with Crippen molar-refractivity contribution < 1.29 is 17.6 Å². The predicted octanol–water partition coefficient (Wildman–Crippen LogP) is 4.56. The Morgan fingerprint density at radius 3 is 1.88 bits per heavy atom. The SMILES string of the molecule is Fc1cc(F)c(-c2ccc(Cl)cc2F)c(F)c1. The highest BCUT2D eigenvalue weighted by Gasteiger charge is 2.16. The Kier molecular flexibility index (Phi) is 3.07. The van der Waals surface area contributed by atoms with Crippen LogP contribution in [0.5, 0.6) is 0 Å². The van der Waals surface area contributed by atoms with E-state index in [1.54, 1.807) is 0 Å². The molecule has 2 aromatic rings. The summed E-state index contributed by atoms with van der Waals surface area (Å²) in [7, 11) is 0. The van der Waals surface area contributed by atoms with E-state index in [0.29, 0.717) is 12.1 Å². The summed E-state index contributed by atoms with van der Waals surface area (Å²) in [6.07, 6.45) is 0. The van der Waals surface area contributed by atoms with Crippen LogP contribution in [-0.2, 0) is 0 Å². The van der Waals surface area contributed by atoms with E-state index in [4.69, 9.17) is 11.6 Å². The number of hydrogen-bond donors (Lipinski definition) is 0. The number of hydrogen-bond acceptors (Lipinski definition) is 0. The molecule has 0 aliphatic rings. The van der Waals surface area contributed by atoms with E-state index in [9.17, 15) is 17.6 Å². The van der Waals surface area contributed by atoms with Gasteiger partial charge in [-0.3, -0.25) is 0 Å². The van der Waals surface area contributed by atoms with Crippen LogP contribution < -0.4 is 0 Å². The molecule has 0 radical (unpaired) electrons. The van der Waals surface area contributed by atoms with Gasteiger partial charge in [0.25, 0.3) is 0 Å². The molecule has 0 saturated heterocycles. The third-order valence-electron chi connectivity index (χ3n) is 2.21. The first-order valence-electron chi connectivity index (χ1n) is 4.59. The summed E-state index contributed by atoms with van der Waals surface area (Å²) in [4.78, 5) is 0. The first-order chi connectivity index (χ1) is 7.99. The normalized spacial score (nSPS) is 10.6. The molecule has 0 heterocycles. The van der Waals surface area contributed by atoms with Crippen LogP contribution in [0, 0.1) is 23.3 Å². The third kappa shape index (κ3) is 2.26. The number of benzene rings is 2. The maximum Gasteiger partial charge on any atom is 0.136 e. The molecule has 0 aliphatic carbocycles. The van der Waals surface area contributed by atoms with Crippen LogP contribution in [0.2, 0.25) is 5.02 Å². The van der Waals surface area contributed by atoms with Gasteiger partial charge in [0.1, 0.15) is 23.3 Å². The summed E-state index contributed by atoms with van der Waals surface area (Å²) in [6.45, 7) is 0. The van der Waals surface area contributed by atoms with Crippen LogP contribution in [0.4, 0.5) is 17.6 Å². The molecule has 5 heteroatoms. The summed E-state index contributed by atoms with van der Waals surface area (Å²) in [6, 6.07) is 4.34. The fourth-order valence-electron chi connectivity index (χ4n) is 1.49. The molecule has 2 rings (SSSR count). The van der Waals surface area contributed by atoms with E-state index < -0.39 is 28.8 Å². The maximum atomic E-state index is 13.5. The Labute approximate surface area is 99.5 Å². The first kappa shape index (κ1) is 11.9. The van der Waals surface area contributed by atoms with Crippen molar-refractivity contribution in [2.75, 3.05) is 0 Å². The fourth-order valence-corrected chi connectivity index (χ4v) is 1.65. The second kappa shape index (κ2) is 4.37. The molecule has 0 bridgehead atoms. The summed E-state index contributed by atoms with van der Waals surface area (Å²) < 4.78 is 53.0. The summed E-state index contributed by atoms with van der Waals surface area (Å²) >= 11 is 5.52. The molecule has 0 unspecified atom stereocenters. The third-order valence-corrected chi connectivity index (χ3v) is 2.44. The predicted molar refractivity (Wildman–Crippen MR) is 56.7 cm³/mol. The molecular weight excluding hydrogens is 256 g/mol. The highest BCUT2D eigenvalue weighted by atomic mass is 35.5. The van der Waals surface area contributed by atoms with Gasteiger partial charge in [0.15, 0.2) is 0 Å². The van der Waals surface area contributed by atoms with E-state index in [1.807, 2.05) is 0 Å². The maximum absolute atomic E-state index is 13.5. The van der Waals surface area contributed by atoms with Gasteiger partial charge < -0.3 is 0 Å². The Morgan fingerprint density at radius 1 is 0.765 bits per heavy atom. The van der Waals surface area contributed by atoms with Crippen LogP contribution in [0.25, 0.3) is 11.1 Å². The van der Waals surface area contributed by atoms with Gasteiger partial charge in [0.05, 0.1) is 5.56 Å². The smallest absolute Gasteiger partial charge is 0.136 e. The van der Waals surface area contributed by atoms with E-state index in [-0.39, 0.29) is 10.6 Å². The van der Waals surface area contributed by atoms with Crippen LogP contribution in [0.15, 0.2) is 30.3 Å². The Hall–Kier alpha value is -1.55. The van der Waals surface area contributed by atoms with Crippen molar-refractivity contribution >= 4 is 11.6 Å². The van der Waals surface area contributed by atoms with Crippen molar-refractivity contribution in [2.45, 2.75) is 0 Å². The second-order valence-electron chi connectivity index (χ2n) is 3.37. The molecule has 0 fully saturated rings. The second-order valence-corrected chi connectivity index (χ2v) is 3.81. The number of halogens is 5. The van der Waals surface area contributed by atoms with Gasteiger partial charge >= 0.3 is 0 Å². The highest BCUT2D eigenvalue weighted by molar-refractivity contribution is 6.30. The first-order valence-corrected chi connectivity index (χ1v) is 4.97. The Morgan fingerprint density at radius 2 is 1.35 bits per heavy atom. The van der Waals surface area contributed by atoms with E-state index in [1.165, 1.54) is 6.07 Å². The van der Waals surface area contributed by atoms with Gasteiger partial charge in [0, 0.05) is 22.7 Å². The largest absolute Gasteiger partial charge is 0.207 e. The van der Waals surface area contributed by atoms with Crippen molar-refractivity contribution in [3.63, 3.8) is 0 Å². The minimum Gasteiger partial charge on any atom is -0.207 e. The molecular formula is C12H5ClF4. The van der Waals surface area contributed by atoms with Crippen molar-refractivity contribution in [1.29, 1.82) is 0 Å². The molecule has 2 aromatic carbocycles. The molecule has 0 N–H and O–H groups in total. The minimum atomic E-state index is -1.16. The average molecular weight is 261 g/mol. The molecule has 17 heavy (non-hydrogen) atoms. The highest BCUT2D eigenvalue weighted by Crippen LogP contribution is 2.30. The van der Waals surface area contributed by atoms with Crippen molar-refractivity contribution in [1.82, 2.24) is 0 Å². The zero-order valence-electron chi connectivity index (χ0n) is 8.28. The monoisotopic (exact) mass is 260 g/mol. The zero-order valence-corrected chi connectivity index (χ0v) is 9.03. The van der Waals surface area contributed by atoms with Gasteiger partial charge in [-0.15, -0.1) is 0 Å². The Bertz CT molecular complexity index is 558. The zero-order chi connectivity index (χ0) is 12.6. The lowest BCUT2D eigenvalue weighted by atomic mass is 10.0. The van der Waals surface area contributed by atoms with E-state index in [0.717, 1.165) is 12.1 Å². The van der Waals surface area contributed by atoms with Gasteiger partial charge in [0.2, 0.25) is 0 Å². The van der Waals surface area contributed by atoms with Gasteiger partial charge in [-0.25, -0.2) is 17.6 Å². The van der Waals surface area contributed by atoms with Gasteiger partial charge in [-0.05, 0) is 18.2 Å². The fraction of sp³-hybridized carbons (Fsp3) is 0. The molecule has 88 valence electrons. The van der Waals surface area contributed by atoms with Crippen molar-refractivity contribution in [3.05, 3.63) is 58.6 Å². The lowest BCUT2D eigenvalue weighted by molar-refractivity contribution is 0.545. The summed E-state index contributed by atoms with van der Waals surface area (Å²) in [5, 5.41) is 0.106. The van der Waals surface area contributed by atoms with Gasteiger partial charge in [-0.1, -0.05) is 11.6 Å². The van der Waals surface area contributed by atoms with Crippen molar-refractivity contribution in [3.8, 4) is 11.1 Å². The van der Waals surface area contributed by atoms with E-state index >= 15 is 0 Å². The molecule has 0 atom stereocenters. The van der Waals surface area contributed by atoms with Gasteiger partial charge in [-0.2, -0.15) is 0 Å². The average Bonchev–Trinajstić information content (AvgIpc) is 2.19. The quantitative estimate of drug-likeness (QED) is 0.659. The lowest BCUT2D eigenvalue weighted by Crippen LogP contribution is -1.94. The molecule has 0 aromatic heterocycles. The molecule has 0 spiro atoms.